The van der Waals surface area contributed by atoms with E-state index in [0.717, 1.165) is 66.0 Å². The third-order valence-corrected chi connectivity index (χ3v) is 8.19. The molecule has 1 amide bonds. The minimum absolute atomic E-state index is 0.0288. The molecule has 1 N–H and O–H groups in total. The first-order chi connectivity index (χ1) is 19.0. The standard InChI is InChI=1S/C30H36N6O3/c1-3-28(38)34-12-14-35(15-13-34)29-25-9-11-36(27-17-23(37)16-22-6-4-5-7-24(22)27)19-26(25)31-30(32-29)39-20-21-8-10-33(2)18-21/h3-7,16-17,21,37H,1,8-15,18-20H2,2H3/t21-/m1/s1. The second kappa shape index (κ2) is 10.7. The maximum absolute atomic E-state index is 12.1. The molecular formula is C30H36N6O3. The van der Waals surface area contributed by atoms with Crippen LogP contribution in [0.15, 0.2) is 49.1 Å². The van der Waals surface area contributed by atoms with Crippen LogP contribution in [0.25, 0.3) is 10.8 Å². The zero-order valence-corrected chi connectivity index (χ0v) is 22.6. The Morgan fingerprint density at radius 3 is 2.69 bits per heavy atom. The van der Waals surface area contributed by atoms with Crippen molar-refractivity contribution in [2.45, 2.75) is 19.4 Å². The number of carbonyl (C=O) groups excluding carboxylic acids is 1. The Balaban J connectivity index is 1.30. The number of rotatable bonds is 6. The van der Waals surface area contributed by atoms with Crippen molar-refractivity contribution >= 4 is 28.2 Å². The zero-order chi connectivity index (χ0) is 26.9. The number of piperazine rings is 1. The van der Waals surface area contributed by atoms with Crippen LogP contribution in [0.5, 0.6) is 11.8 Å². The molecule has 2 fully saturated rings. The first-order valence-corrected chi connectivity index (χ1v) is 13.8. The molecule has 0 aliphatic carbocycles. The normalized spacial score (nSPS) is 19.8. The van der Waals surface area contributed by atoms with Gasteiger partial charge in [-0.25, -0.2) is 0 Å². The number of amides is 1. The third kappa shape index (κ3) is 5.23. The molecule has 6 rings (SSSR count). The van der Waals surface area contributed by atoms with Gasteiger partial charge in [0, 0.05) is 67.9 Å². The van der Waals surface area contributed by atoms with E-state index in [1.807, 2.05) is 29.2 Å². The fourth-order valence-corrected chi connectivity index (χ4v) is 6.08. The van der Waals surface area contributed by atoms with Gasteiger partial charge in [-0.05, 0) is 44.0 Å². The van der Waals surface area contributed by atoms with Crippen LogP contribution >= 0.6 is 0 Å². The smallest absolute Gasteiger partial charge is 0.318 e. The van der Waals surface area contributed by atoms with Crippen LogP contribution in [0.4, 0.5) is 11.5 Å². The molecule has 3 aromatic rings. The predicted octanol–water partition coefficient (Wildman–Crippen LogP) is 3.06. The summed E-state index contributed by atoms with van der Waals surface area (Å²) < 4.78 is 6.23. The molecule has 4 heterocycles. The monoisotopic (exact) mass is 528 g/mol. The molecule has 9 nitrogen and oxygen atoms in total. The van der Waals surface area contributed by atoms with Crippen LogP contribution in [0.3, 0.4) is 0 Å². The van der Waals surface area contributed by atoms with E-state index in [-0.39, 0.29) is 11.7 Å². The highest BCUT2D eigenvalue weighted by Gasteiger charge is 2.29. The summed E-state index contributed by atoms with van der Waals surface area (Å²) in [6, 6.07) is 12.2. The van der Waals surface area contributed by atoms with Gasteiger partial charge in [0.15, 0.2) is 0 Å². The number of hydrogen-bond acceptors (Lipinski definition) is 8. The molecule has 3 aliphatic heterocycles. The van der Waals surface area contributed by atoms with E-state index in [9.17, 15) is 9.90 Å². The molecule has 39 heavy (non-hydrogen) atoms. The number of anilines is 2. The van der Waals surface area contributed by atoms with Gasteiger partial charge in [-0.15, -0.1) is 0 Å². The van der Waals surface area contributed by atoms with E-state index < -0.39 is 0 Å². The van der Waals surface area contributed by atoms with Crippen LogP contribution in [-0.2, 0) is 17.8 Å². The quantitative estimate of drug-likeness (QED) is 0.489. The minimum atomic E-state index is -0.0288. The molecule has 1 atom stereocenters. The molecule has 3 aliphatic rings. The number of benzene rings is 2. The van der Waals surface area contributed by atoms with Gasteiger partial charge in [0.25, 0.3) is 0 Å². The van der Waals surface area contributed by atoms with Crippen molar-refractivity contribution in [3.8, 4) is 11.8 Å². The van der Waals surface area contributed by atoms with Crippen LogP contribution in [0.1, 0.15) is 17.7 Å². The second-order valence-corrected chi connectivity index (χ2v) is 10.9. The summed E-state index contributed by atoms with van der Waals surface area (Å²) in [5.74, 6) is 1.63. The lowest BCUT2D eigenvalue weighted by molar-refractivity contribution is -0.126. The van der Waals surface area contributed by atoms with Crippen molar-refractivity contribution in [1.29, 1.82) is 0 Å². The Morgan fingerprint density at radius 2 is 1.92 bits per heavy atom. The highest BCUT2D eigenvalue weighted by molar-refractivity contribution is 5.95. The molecule has 0 radical (unpaired) electrons. The number of nitrogens with zero attached hydrogens (tertiary/aromatic N) is 6. The van der Waals surface area contributed by atoms with Gasteiger partial charge < -0.3 is 29.4 Å². The van der Waals surface area contributed by atoms with Crippen molar-refractivity contribution in [1.82, 2.24) is 19.8 Å². The van der Waals surface area contributed by atoms with Gasteiger partial charge in [0.2, 0.25) is 5.91 Å². The van der Waals surface area contributed by atoms with Crippen molar-refractivity contribution in [2.24, 2.45) is 5.92 Å². The molecule has 0 unspecified atom stereocenters. The summed E-state index contributed by atoms with van der Waals surface area (Å²) in [5.41, 5.74) is 3.11. The van der Waals surface area contributed by atoms with Gasteiger partial charge in [0.1, 0.15) is 11.6 Å². The van der Waals surface area contributed by atoms with Gasteiger partial charge >= 0.3 is 6.01 Å². The number of aromatic hydroxyl groups is 1. The maximum Gasteiger partial charge on any atom is 0.318 e. The van der Waals surface area contributed by atoms with Crippen molar-refractivity contribution in [2.75, 3.05) is 69.3 Å². The van der Waals surface area contributed by atoms with E-state index in [1.165, 1.54) is 6.08 Å². The van der Waals surface area contributed by atoms with Gasteiger partial charge in [-0.2, -0.15) is 9.97 Å². The predicted molar refractivity (Wildman–Crippen MR) is 152 cm³/mol. The van der Waals surface area contributed by atoms with Crippen molar-refractivity contribution in [3.05, 3.63) is 60.3 Å². The number of fused-ring (bicyclic) bond motifs is 2. The largest absolute Gasteiger partial charge is 0.508 e. The molecule has 1 aromatic heterocycles. The summed E-state index contributed by atoms with van der Waals surface area (Å²) in [7, 11) is 2.14. The van der Waals surface area contributed by atoms with E-state index >= 15 is 0 Å². The molecule has 9 heteroatoms. The summed E-state index contributed by atoms with van der Waals surface area (Å²) in [6.07, 6.45) is 3.29. The number of likely N-dealkylation sites (tertiary alicyclic amines) is 1. The van der Waals surface area contributed by atoms with E-state index in [0.29, 0.717) is 51.3 Å². The fraction of sp³-hybridized carbons (Fsp3) is 0.433. The number of hydrogen-bond donors (Lipinski definition) is 1. The Morgan fingerprint density at radius 1 is 1.10 bits per heavy atom. The molecule has 204 valence electrons. The van der Waals surface area contributed by atoms with Gasteiger partial charge in [-0.1, -0.05) is 30.8 Å². The van der Waals surface area contributed by atoms with E-state index in [2.05, 4.69) is 34.4 Å². The molecule has 0 saturated carbocycles. The van der Waals surface area contributed by atoms with Crippen molar-refractivity contribution in [3.63, 3.8) is 0 Å². The lowest BCUT2D eigenvalue weighted by Crippen LogP contribution is -2.49. The molecule has 0 bridgehead atoms. The minimum Gasteiger partial charge on any atom is -0.508 e. The van der Waals surface area contributed by atoms with Crippen molar-refractivity contribution < 1.29 is 14.6 Å². The molecule has 0 spiro atoms. The second-order valence-electron chi connectivity index (χ2n) is 10.9. The van der Waals surface area contributed by atoms with E-state index in [4.69, 9.17) is 14.7 Å². The zero-order valence-electron chi connectivity index (χ0n) is 22.6. The first-order valence-electron chi connectivity index (χ1n) is 13.8. The van der Waals surface area contributed by atoms with Crippen LogP contribution in [-0.4, -0.2) is 90.2 Å². The summed E-state index contributed by atoms with van der Waals surface area (Å²) >= 11 is 0. The molecular weight excluding hydrogens is 492 g/mol. The molecule has 2 saturated heterocycles. The van der Waals surface area contributed by atoms with Gasteiger partial charge in [0.05, 0.1) is 18.8 Å². The number of ether oxygens (including phenoxy) is 1. The SMILES string of the molecule is C=CC(=O)N1CCN(c2nc(OC[C@@H]3CCN(C)C3)nc3c2CCN(c2cc(O)cc4ccccc24)C3)CC1. The van der Waals surface area contributed by atoms with E-state index in [1.54, 1.807) is 6.07 Å². The third-order valence-electron chi connectivity index (χ3n) is 8.19. The first kappa shape index (κ1) is 25.4. The Hall–Kier alpha value is -3.85. The molecule has 2 aromatic carbocycles. The summed E-state index contributed by atoms with van der Waals surface area (Å²) in [5, 5.41) is 12.6. The average molecular weight is 529 g/mol. The highest BCUT2D eigenvalue weighted by Crippen LogP contribution is 2.36. The fourth-order valence-electron chi connectivity index (χ4n) is 6.08. The Kier molecular flexibility index (Phi) is 6.99. The lowest BCUT2D eigenvalue weighted by Gasteiger charge is -2.38. The maximum atomic E-state index is 12.1. The Bertz CT molecular complexity index is 1390. The number of carbonyl (C=O) groups is 1. The van der Waals surface area contributed by atoms with Gasteiger partial charge in [-0.3, -0.25) is 4.79 Å². The number of phenols is 1. The van der Waals surface area contributed by atoms with Crippen LogP contribution in [0, 0.1) is 5.92 Å². The Labute approximate surface area is 229 Å². The summed E-state index contributed by atoms with van der Waals surface area (Å²) in [6.45, 7) is 10.4. The lowest BCUT2D eigenvalue weighted by atomic mass is 10.0. The highest BCUT2D eigenvalue weighted by atomic mass is 16.5. The average Bonchev–Trinajstić information content (AvgIpc) is 3.39. The topological polar surface area (TPSA) is 85.3 Å². The van der Waals surface area contributed by atoms with Crippen LogP contribution < -0.4 is 14.5 Å². The number of phenolic OH excluding ortho intramolecular Hbond substituents is 1. The summed E-state index contributed by atoms with van der Waals surface area (Å²) in [4.78, 5) is 30.7. The van der Waals surface area contributed by atoms with Crippen LogP contribution in [0.2, 0.25) is 0 Å². The number of aromatic nitrogens is 2.